The van der Waals surface area contributed by atoms with Crippen LogP contribution in [0.1, 0.15) is 38.3 Å². The molecule has 22 heavy (non-hydrogen) atoms. The first-order valence-electron chi connectivity index (χ1n) is 8.45. The van der Waals surface area contributed by atoms with Crippen LogP contribution in [0.5, 0.6) is 5.75 Å². The Bertz CT molecular complexity index is 497. The molecule has 0 amide bonds. The molecule has 0 aromatic heterocycles. The van der Waals surface area contributed by atoms with Gasteiger partial charge < -0.3 is 15.4 Å². The van der Waals surface area contributed by atoms with Crippen molar-refractivity contribution in [1.82, 2.24) is 10.6 Å². The Labute approximate surface area is 134 Å². The summed E-state index contributed by atoms with van der Waals surface area (Å²) < 4.78 is 5.55. The molecule has 0 fully saturated rings. The number of aliphatic imine (C=N–C) groups is 1. The summed E-state index contributed by atoms with van der Waals surface area (Å²) in [7, 11) is 0. The standard InChI is InChI=1S/C18H29N3O/c1-4-19-18(20-10-7-14(2)3)21-11-8-15-5-6-17-16(13-15)9-12-22-17/h5-6,13-14H,4,7-12H2,1-3H3,(H2,19,20,21). The van der Waals surface area contributed by atoms with Gasteiger partial charge in [0.2, 0.25) is 0 Å². The summed E-state index contributed by atoms with van der Waals surface area (Å²) in [6.45, 7) is 10.0. The van der Waals surface area contributed by atoms with Crippen LogP contribution < -0.4 is 15.4 Å². The number of ether oxygens (including phenoxy) is 1. The van der Waals surface area contributed by atoms with Gasteiger partial charge >= 0.3 is 0 Å². The molecule has 1 aromatic rings. The van der Waals surface area contributed by atoms with E-state index in [1.54, 1.807) is 0 Å². The lowest BCUT2D eigenvalue weighted by molar-refractivity contribution is 0.357. The van der Waals surface area contributed by atoms with E-state index in [1.165, 1.54) is 11.1 Å². The van der Waals surface area contributed by atoms with Gasteiger partial charge in [-0.3, -0.25) is 4.99 Å². The lowest BCUT2D eigenvalue weighted by Gasteiger charge is -2.12. The predicted octanol–water partition coefficient (Wildman–Crippen LogP) is 2.77. The van der Waals surface area contributed by atoms with Crippen LogP contribution in [0.25, 0.3) is 0 Å². The molecule has 2 rings (SSSR count). The molecule has 122 valence electrons. The van der Waals surface area contributed by atoms with Crippen LogP contribution in [0.15, 0.2) is 23.2 Å². The van der Waals surface area contributed by atoms with E-state index in [1.807, 2.05) is 0 Å². The van der Waals surface area contributed by atoms with Gasteiger partial charge in [0.1, 0.15) is 5.75 Å². The molecule has 1 heterocycles. The average molecular weight is 303 g/mol. The summed E-state index contributed by atoms with van der Waals surface area (Å²) in [6.07, 6.45) is 3.17. The predicted molar refractivity (Wildman–Crippen MR) is 92.8 cm³/mol. The van der Waals surface area contributed by atoms with Crippen LogP contribution in [0, 0.1) is 5.92 Å². The van der Waals surface area contributed by atoms with E-state index in [2.05, 4.69) is 54.6 Å². The first kappa shape index (κ1) is 16.7. The van der Waals surface area contributed by atoms with E-state index in [0.717, 1.165) is 57.2 Å². The zero-order valence-corrected chi connectivity index (χ0v) is 14.1. The van der Waals surface area contributed by atoms with Gasteiger partial charge in [0.25, 0.3) is 0 Å². The number of nitrogens with one attached hydrogen (secondary N) is 2. The van der Waals surface area contributed by atoms with Gasteiger partial charge in [-0.15, -0.1) is 0 Å². The normalized spacial score (nSPS) is 13.9. The number of hydrogen-bond acceptors (Lipinski definition) is 2. The van der Waals surface area contributed by atoms with E-state index >= 15 is 0 Å². The van der Waals surface area contributed by atoms with Gasteiger partial charge in [0.05, 0.1) is 6.61 Å². The van der Waals surface area contributed by atoms with Crippen molar-refractivity contribution in [3.63, 3.8) is 0 Å². The summed E-state index contributed by atoms with van der Waals surface area (Å²) in [4.78, 5) is 4.62. The second kappa shape index (κ2) is 8.66. The van der Waals surface area contributed by atoms with Crippen molar-refractivity contribution in [2.45, 2.75) is 40.0 Å². The molecule has 4 nitrogen and oxygen atoms in total. The fraction of sp³-hybridized carbons (Fsp3) is 0.611. The van der Waals surface area contributed by atoms with Gasteiger partial charge in [0, 0.05) is 26.1 Å². The minimum Gasteiger partial charge on any atom is -0.493 e. The highest BCUT2D eigenvalue weighted by Gasteiger charge is 2.11. The Hall–Kier alpha value is -1.71. The second-order valence-electron chi connectivity index (χ2n) is 6.16. The highest BCUT2D eigenvalue weighted by molar-refractivity contribution is 5.79. The third-order valence-corrected chi connectivity index (χ3v) is 3.78. The van der Waals surface area contributed by atoms with Gasteiger partial charge in [-0.1, -0.05) is 26.0 Å². The van der Waals surface area contributed by atoms with E-state index in [9.17, 15) is 0 Å². The number of fused-ring (bicyclic) bond motifs is 1. The molecular formula is C18H29N3O. The molecule has 0 radical (unpaired) electrons. The largest absolute Gasteiger partial charge is 0.493 e. The van der Waals surface area contributed by atoms with Crippen LogP contribution in [0.2, 0.25) is 0 Å². The number of guanidine groups is 1. The van der Waals surface area contributed by atoms with Crippen LogP contribution in [-0.4, -0.2) is 32.2 Å². The van der Waals surface area contributed by atoms with Crippen molar-refractivity contribution in [2.75, 3.05) is 26.2 Å². The fourth-order valence-corrected chi connectivity index (χ4v) is 2.50. The van der Waals surface area contributed by atoms with Crippen LogP contribution in [-0.2, 0) is 12.8 Å². The van der Waals surface area contributed by atoms with Crippen molar-refractivity contribution in [2.24, 2.45) is 10.9 Å². The van der Waals surface area contributed by atoms with Crippen molar-refractivity contribution >= 4 is 5.96 Å². The maximum Gasteiger partial charge on any atom is 0.191 e. The zero-order valence-electron chi connectivity index (χ0n) is 14.1. The maximum atomic E-state index is 5.55. The first-order chi connectivity index (χ1) is 10.7. The monoisotopic (exact) mass is 303 g/mol. The quantitative estimate of drug-likeness (QED) is 0.601. The summed E-state index contributed by atoms with van der Waals surface area (Å²) in [5.41, 5.74) is 2.70. The molecule has 1 aromatic carbocycles. The van der Waals surface area contributed by atoms with Crippen LogP contribution in [0.3, 0.4) is 0 Å². The van der Waals surface area contributed by atoms with Crippen molar-refractivity contribution < 1.29 is 4.74 Å². The van der Waals surface area contributed by atoms with Crippen molar-refractivity contribution in [3.05, 3.63) is 29.3 Å². The van der Waals surface area contributed by atoms with Crippen molar-refractivity contribution in [3.8, 4) is 5.75 Å². The summed E-state index contributed by atoms with van der Waals surface area (Å²) >= 11 is 0. The zero-order chi connectivity index (χ0) is 15.8. The Morgan fingerprint density at radius 3 is 2.95 bits per heavy atom. The Balaban J connectivity index is 1.79. The smallest absolute Gasteiger partial charge is 0.191 e. The van der Waals surface area contributed by atoms with E-state index in [0.29, 0.717) is 5.92 Å². The molecule has 1 aliphatic rings. The number of rotatable bonds is 7. The average Bonchev–Trinajstić information content (AvgIpc) is 2.94. The lowest BCUT2D eigenvalue weighted by atomic mass is 10.1. The minimum absolute atomic E-state index is 0.695. The van der Waals surface area contributed by atoms with E-state index in [-0.39, 0.29) is 0 Å². The van der Waals surface area contributed by atoms with Crippen LogP contribution in [0.4, 0.5) is 0 Å². The molecule has 0 aliphatic carbocycles. The van der Waals surface area contributed by atoms with Crippen LogP contribution >= 0.6 is 0 Å². The third-order valence-electron chi connectivity index (χ3n) is 3.78. The molecule has 0 saturated heterocycles. The summed E-state index contributed by atoms with van der Waals surface area (Å²) in [5, 5.41) is 6.72. The van der Waals surface area contributed by atoms with Gasteiger partial charge in [-0.2, -0.15) is 0 Å². The third kappa shape index (κ3) is 5.24. The molecule has 1 aliphatic heterocycles. The molecule has 0 saturated carbocycles. The number of nitrogens with zero attached hydrogens (tertiary/aromatic N) is 1. The first-order valence-corrected chi connectivity index (χ1v) is 8.45. The van der Waals surface area contributed by atoms with Gasteiger partial charge in [0.15, 0.2) is 5.96 Å². The summed E-state index contributed by atoms with van der Waals surface area (Å²) in [6, 6.07) is 6.53. The summed E-state index contributed by atoms with van der Waals surface area (Å²) in [5.74, 6) is 2.67. The highest BCUT2D eigenvalue weighted by atomic mass is 16.5. The SMILES string of the molecule is CCNC(=NCCC(C)C)NCCc1ccc2c(c1)CCO2. The van der Waals surface area contributed by atoms with Gasteiger partial charge in [-0.25, -0.2) is 0 Å². The molecule has 0 bridgehead atoms. The molecule has 0 spiro atoms. The molecule has 0 atom stereocenters. The van der Waals surface area contributed by atoms with E-state index in [4.69, 9.17) is 4.74 Å². The lowest BCUT2D eigenvalue weighted by Crippen LogP contribution is -2.38. The maximum absolute atomic E-state index is 5.55. The highest BCUT2D eigenvalue weighted by Crippen LogP contribution is 2.25. The van der Waals surface area contributed by atoms with Gasteiger partial charge in [-0.05, 0) is 42.9 Å². The number of benzene rings is 1. The molecule has 0 unspecified atom stereocenters. The minimum atomic E-state index is 0.695. The molecular weight excluding hydrogens is 274 g/mol. The fourth-order valence-electron chi connectivity index (χ4n) is 2.50. The Morgan fingerprint density at radius 2 is 2.18 bits per heavy atom. The Morgan fingerprint density at radius 1 is 1.32 bits per heavy atom. The topological polar surface area (TPSA) is 45.7 Å². The Kier molecular flexibility index (Phi) is 6.56. The second-order valence-corrected chi connectivity index (χ2v) is 6.16. The number of hydrogen-bond donors (Lipinski definition) is 2. The molecule has 4 heteroatoms. The van der Waals surface area contributed by atoms with Crippen molar-refractivity contribution in [1.29, 1.82) is 0 Å². The molecule has 2 N–H and O–H groups in total. The van der Waals surface area contributed by atoms with E-state index < -0.39 is 0 Å².